The maximum absolute atomic E-state index is 10.5. The van der Waals surface area contributed by atoms with E-state index < -0.39 is 17.9 Å². The number of nitrogens with zero attached hydrogens (tertiary/aromatic N) is 4. The Morgan fingerprint density at radius 1 is 1.37 bits per heavy atom. The molecule has 9 nitrogen and oxygen atoms in total. The molecule has 2 aromatic heterocycles. The zero-order valence-corrected chi connectivity index (χ0v) is 9.84. The number of nitrogen functional groups attached to an aromatic ring is 1. The summed E-state index contributed by atoms with van der Waals surface area (Å²) in [7, 11) is 0. The molecule has 0 aliphatic carbocycles. The number of nitrogens with two attached hydrogens (primary N) is 1. The molecule has 1 aliphatic heterocycles. The van der Waals surface area contributed by atoms with E-state index in [0.29, 0.717) is 5.52 Å². The molecular weight excluding hydrogens is 254 g/mol. The second kappa shape index (κ2) is 4.10. The predicted molar refractivity (Wildman–Crippen MR) is 62.8 cm³/mol. The number of aromatic nitrogens is 4. The van der Waals surface area contributed by atoms with Gasteiger partial charge in [-0.05, 0) is 0 Å². The Bertz CT molecular complexity index is 617. The van der Waals surface area contributed by atoms with E-state index in [1.54, 1.807) is 0 Å². The van der Waals surface area contributed by atoms with Crippen molar-refractivity contribution in [3.05, 3.63) is 12.7 Å². The summed E-state index contributed by atoms with van der Waals surface area (Å²) in [6.07, 6.45) is -0.114. The van der Waals surface area contributed by atoms with E-state index in [9.17, 15) is 15.3 Å². The Morgan fingerprint density at radius 2 is 2.16 bits per heavy atom. The highest BCUT2D eigenvalue weighted by Crippen LogP contribution is 2.29. The van der Waals surface area contributed by atoms with Crippen molar-refractivity contribution in [1.29, 1.82) is 0 Å². The van der Waals surface area contributed by atoms with Crippen molar-refractivity contribution >= 4 is 17.0 Å². The Kier molecular flexibility index (Phi) is 2.64. The standard InChI is InChI=1S/C10H13N5O4/c11-8-6-9(13-3-12-8)15(4-14-6)10(18)2-19-1-5(16)7(10)17/h3-5,7,16-18H,1-2H2,(H2,11,12,13)/t5-,7+,10-/m0/s1. The third-order valence-electron chi connectivity index (χ3n) is 3.22. The minimum Gasteiger partial charge on any atom is -0.388 e. The monoisotopic (exact) mass is 267 g/mol. The molecule has 3 rings (SSSR count). The molecule has 3 heterocycles. The molecule has 1 fully saturated rings. The van der Waals surface area contributed by atoms with Gasteiger partial charge in [0.25, 0.3) is 0 Å². The molecule has 102 valence electrons. The summed E-state index contributed by atoms with van der Waals surface area (Å²) >= 11 is 0. The van der Waals surface area contributed by atoms with Gasteiger partial charge in [-0.15, -0.1) is 0 Å². The summed E-state index contributed by atoms with van der Waals surface area (Å²) in [5, 5.41) is 30.2. The van der Waals surface area contributed by atoms with Crippen molar-refractivity contribution in [3.63, 3.8) is 0 Å². The van der Waals surface area contributed by atoms with E-state index in [1.807, 2.05) is 0 Å². The van der Waals surface area contributed by atoms with E-state index in [1.165, 1.54) is 17.2 Å². The van der Waals surface area contributed by atoms with Crippen LogP contribution in [0.15, 0.2) is 12.7 Å². The van der Waals surface area contributed by atoms with Gasteiger partial charge in [-0.1, -0.05) is 0 Å². The van der Waals surface area contributed by atoms with Gasteiger partial charge in [0, 0.05) is 0 Å². The minimum atomic E-state index is -1.85. The third-order valence-corrected chi connectivity index (χ3v) is 3.22. The Labute approximate surface area is 107 Å². The van der Waals surface area contributed by atoms with E-state index in [0.717, 1.165) is 0 Å². The van der Waals surface area contributed by atoms with Gasteiger partial charge in [-0.3, -0.25) is 4.57 Å². The van der Waals surface area contributed by atoms with Crippen molar-refractivity contribution in [2.45, 2.75) is 17.9 Å². The molecule has 1 saturated heterocycles. The van der Waals surface area contributed by atoms with Crippen molar-refractivity contribution < 1.29 is 20.1 Å². The molecule has 0 aromatic carbocycles. The normalized spacial score (nSPS) is 31.7. The van der Waals surface area contributed by atoms with E-state index in [-0.39, 0.29) is 24.7 Å². The van der Waals surface area contributed by atoms with Crippen LogP contribution in [0.2, 0.25) is 0 Å². The highest BCUT2D eigenvalue weighted by atomic mass is 16.5. The lowest BCUT2D eigenvalue weighted by Gasteiger charge is -2.39. The van der Waals surface area contributed by atoms with Crippen LogP contribution in [0.1, 0.15) is 0 Å². The van der Waals surface area contributed by atoms with Crippen molar-refractivity contribution in [2.75, 3.05) is 18.9 Å². The summed E-state index contributed by atoms with van der Waals surface area (Å²) in [5.74, 6) is 0.166. The van der Waals surface area contributed by atoms with Crippen LogP contribution < -0.4 is 5.73 Å². The fraction of sp³-hybridized carbons (Fsp3) is 0.500. The van der Waals surface area contributed by atoms with Crippen LogP contribution in [0.5, 0.6) is 0 Å². The molecule has 19 heavy (non-hydrogen) atoms. The highest BCUT2D eigenvalue weighted by Gasteiger charge is 2.46. The fourth-order valence-electron chi connectivity index (χ4n) is 2.16. The fourth-order valence-corrected chi connectivity index (χ4v) is 2.16. The number of ether oxygens (including phenoxy) is 1. The molecule has 9 heteroatoms. The largest absolute Gasteiger partial charge is 0.388 e. The van der Waals surface area contributed by atoms with Crippen LogP contribution in [0.3, 0.4) is 0 Å². The molecule has 0 bridgehead atoms. The Balaban J connectivity index is 2.15. The van der Waals surface area contributed by atoms with Crippen LogP contribution in [-0.4, -0.2) is 60.3 Å². The molecule has 0 spiro atoms. The van der Waals surface area contributed by atoms with Crippen LogP contribution in [0.25, 0.3) is 11.2 Å². The first-order valence-electron chi connectivity index (χ1n) is 5.64. The first kappa shape index (κ1) is 12.2. The zero-order chi connectivity index (χ0) is 13.6. The molecule has 0 radical (unpaired) electrons. The summed E-state index contributed by atoms with van der Waals surface area (Å²) in [5.41, 5.74) is 4.36. The van der Waals surface area contributed by atoms with Crippen molar-refractivity contribution in [1.82, 2.24) is 19.5 Å². The van der Waals surface area contributed by atoms with E-state index in [2.05, 4.69) is 15.0 Å². The quantitative estimate of drug-likeness (QED) is 0.456. The molecule has 1 aliphatic rings. The van der Waals surface area contributed by atoms with E-state index in [4.69, 9.17) is 10.5 Å². The van der Waals surface area contributed by atoms with E-state index >= 15 is 0 Å². The smallest absolute Gasteiger partial charge is 0.197 e. The molecule has 3 atom stereocenters. The SMILES string of the molecule is Nc1ncnc2c1ncn2[C@]1(O)COC[C@H](O)[C@H]1O. The van der Waals surface area contributed by atoms with Crippen molar-refractivity contribution in [2.24, 2.45) is 0 Å². The number of rotatable bonds is 1. The van der Waals surface area contributed by atoms with Gasteiger partial charge in [0.1, 0.15) is 24.1 Å². The molecule has 0 unspecified atom stereocenters. The topological polar surface area (TPSA) is 140 Å². The van der Waals surface area contributed by atoms with Crippen LogP contribution >= 0.6 is 0 Å². The number of imidazole rings is 1. The van der Waals surface area contributed by atoms with Crippen LogP contribution in [0, 0.1) is 0 Å². The van der Waals surface area contributed by atoms with Gasteiger partial charge >= 0.3 is 0 Å². The summed E-state index contributed by atoms with van der Waals surface area (Å²) < 4.78 is 6.32. The Morgan fingerprint density at radius 3 is 2.95 bits per heavy atom. The third kappa shape index (κ3) is 1.67. The number of hydrogen-bond donors (Lipinski definition) is 4. The predicted octanol–water partition coefficient (Wildman–Crippen LogP) is -2.19. The summed E-state index contributed by atoms with van der Waals surface area (Å²) in [6, 6.07) is 0. The minimum absolute atomic E-state index is 0.0484. The lowest BCUT2D eigenvalue weighted by Crippen LogP contribution is -2.58. The number of anilines is 1. The first-order valence-corrected chi connectivity index (χ1v) is 5.64. The van der Waals surface area contributed by atoms with Gasteiger partial charge in [0.05, 0.1) is 19.5 Å². The van der Waals surface area contributed by atoms with Crippen molar-refractivity contribution in [3.8, 4) is 0 Å². The molecule has 0 amide bonds. The maximum atomic E-state index is 10.5. The lowest BCUT2D eigenvalue weighted by molar-refractivity contribution is -0.243. The molecule has 5 N–H and O–H groups in total. The summed E-state index contributed by atoms with van der Waals surface area (Å²) in [4.78, 5) is 11.8. The average molecular weight is 267 g/mol. The lowest BCUT2D eigenvalue weighted by atomic mass is 10.00. The second-order valence-electron chi connectivity index (χ2n) is 4.45. The molecular formula is C10H13N5O4. The number of hydrogen-bond acceptors (Lipinski definition) is 8. The van der Waals surface area contributed by atoms with Gasteiger partial charge in [0.2, 0.25) is 0 Å². The van der Waals surface area contributed by atoms with Crippen LogP contribution in [0.4, 0.5) is 5.82 Å². The first-order chi connectivity index (χ1) is 9.04. The molecule has 0 saturated carbocycles. The number of aliphatic hydroxyl groups is 3. The Hall–Kier alpha value is -1.81. The highest BCUT2D eigenvalue weighted by molar-refractivity contribution is 5.81. The second-order valence-corrected chi connectivity index (χ2v) is 4.45. The summed E-state index contributed by atoms with van der Waals surface area (Å²) in [6.45, 7) is -0.242. The van der Waals surface area contributed by atoms with Gasteiger partial charge in [0.15, 0.2) is 17.2 Å². The average Bonchev–Trinajstić information content (AvgIpc) is 2.82. The number of fused-ring (bicyclic) bond motifs is 1. The van der Waals surface area contributed by atoms with Crippen LogP contribution in [-0.2, 0) is 10.5 Å². The van der Waals surface area contributed by atoms with Gasteiger partial charge < -0.3 is 25.8 Å². The molecule has 2 aromatic rings. The number of aliphatic hydroxyl groups excluding tert-OH is 2. The maximum Gasteiger partial charge on any atom is 0.197 e. The van der Waals surface area contributed by atoms with Gasteiger partial charge in [-0.25, -0.2) is 15.0 Å². The van der Waals surface area contributed by atoms with Gasteiger partial charge in [-0.2, -0.15) is 0 Å². The zero-order valence-electron chi connectivity index (χ0n) is 9.84.